The molecule has 0 bridgehead atoms. The molecule has 2 N–H and O–H groups in total. The first kappa shape index (κ1) is 11.5. The van der Waals surface area contributed by atoms with E-state index in [1.165, 1.54) is 0 Å². The summed E-state index contributed by atoms with van der Waals surface area (Å²) >= 11 is 3.34. The van der Waals surface area contributed by atoms with Gasteiger partial charge in [-0.2, -0.15) is 0 Å². The van der Waals surface area contributed by atoms with Crippen LogP contribution in [-0.2, 0) is 6.54 Å². The van der Waals surface area contributed by atoms with Gasteiger partial charge in [-0.1, -0.05) is 13.8 Å². The van der Waals surface area contributed by atoms with Crippen LogP contribution in [0.15, 0.2) is 16.7 Å². The SMILES string of the molecule is CC(C)COc1ncc(Br)cc1CN. The van der Waals surface area contributed by atoms with Crippen molar-refractivity contribution in [2.45, 2.75) is 20.4 Å². The summed E-state index contributed by atoms with van der Waals surface area (Å²) in [5, 5.41) is 0. The lowest BCUT2D eigenvalue weighted by Crippen LogP contribution is -2.09. The van der Waals surface area contributed by atoms with Gasteiger partial charge in [-0.3, -0.25) is 0 Å². The highest BCUT2D eigenvalue weighted by atomic mass is 79.9. The van der Waals surface area contributed by atoms with Crippen LogP contribution in [-0.4, -0.2) is 11.6 Å². The predicted molar refractivity (Wildman–Crippen MR) is 60.2 cm³/mol. The van der Waals surface area contributed by atoms with Crippen LogP contribution >= 0.6 is 15.9 Å². The number of rotatable bonds is 4. The third-order valence-corrected chi connectivity index (χ3v) is 2.10. The zero-order valence-electron chi connectivity index (χ0n) is 8.46. The molecule has 0 amide bonds. The second-order valence-electron chi connectivity index (χ2n) is 3.53. The molecule has 1 aromatic rings. The molecule has 0 unspecified atom stereocenters. The second-order valence-corrected chi connectivity index (χ2v) is 4.44. The Balaban J connectivity index is 2.75. The van der Waals surface area contributed by atoms with Gasteiger partial charge in [0, 0.05) is 22.8 Å². The van der Waals surface area contributed by atoms with Crippen LogP contribution in [0.4, 0.5) is 0 Å². The summed E-state index contributed by atoms with van der Waals surface area (Å²) in [6, 6.07) is 1.93. The summed E-state index contributed by atoms with van der Waals surface area (Å²) in [4.78, 5) is 4.17. The van der Waals surface area contributed by atoms with Crippen LogP contribution in [0.2, 0.25) is 0 Å². The molecule has 0 atom stereocenters. The van der Waals surface area contributed by atoms with E-state index in [0.29, 0.717) is 24.9 Å². The Morgan fingerprint density at radius 1 is 1.57 bits per heavy atom. The Morgan fingerprint density at radius 3 is 2.86 bits per heavy atom. The molecule has 1 heterocycles. The zero-order valence-corrected chi connectivity index (χ0v) is 10.0. The number of nitrogens with zero attached hydrogens (tertiary/aromatic N) is 1. The van der Waals surface area contributed by atoms with Crippen molar-refractivity contribution in [3.8, 4) is 5.88 Å². The molecular formula is C10H15BrN2O. The summed E-state index contributed by atoms with van der Waals surface area (Å²) in [5.41, 5.74) is 6.52. The van der Waals surface area contributed by atoms with Gasteiger partial charge in [0.15, 0.2) is 0 Å². The number of ether oxygens (including phenoxy) is 1. The molecule has 1 rings (SSSR count). The van der Waals surface area contributed by atoms with Gasteiger partial charge in [-0.15, -0.1) is 0 Å². The Hall–Kier alpha value is -0.610. The number of pyridine rings is 1. The highest BCUT2D eigenvalue weighted by Crippen LogP contribution is 2.19. The van der Waals surface area contributed by atoms with E-state index >= 15 is 0 Å². The predicted octanol–water partition coefficient (Wildman–Crippen LogP) is 2.34. The monoisotopic (exact) mass is 258 g/mol. The topological polar surface area (TPSA) is 48.1 Å². The molecule has 0 fully saturated rings. The van der Waals surface area contributed by atoms with Gasteiger partial charge in [-0.25, -0.2) is 4.98 Å². The average Bonchev–Trinajstić information content (AvgIpc) is 2.15. The fourth-order valence-electron chi connectivity index (χ4n) is 0.990. The van der Waals surface area contributed by atoms with Crippen molar-refractivity contribution in [3.05, 3.63) is 22.3 Å². The van der Waals surface area contributed by atoms with Crippen molar-refractivity contribution in [2.24, 2.45) is 11.7 Å². The van der Waals surface area contributed by atoms with Gasteiger partial charge in [0.25, 0.3) is 0 Å². The second kappa shape index (κ2) is 5.32. The molecule has 0 saturated heterocycles. The molecule has 0 aliphatic heterocycles. The Kier molecular flexibility index (Phi) is 4.35. The van der Waals surface area contributed by atoms with Crippen LogP contribution in [0.1, 0.15) is 19.4 Å². The number of hydrogen-bond acceptors (Lipinski definition) is 3. The van der Waals surface area contributed by atoms with E-state index in [-0.39, 0.29) is 0 Å². The first-order valence-electron chi connectivity index (χ1n) is 4.60. The van der Waals surface area contributed by atoms with E-state index in [4.69, 9.17) is 10.5 Å². The van der Waals surface area contributed by atoms with Gasteiger partial charge >= 0.3 is 0 Å². The van der Waals surface area contributed by atoms with Crippen LogP contribution in [0, 0.1) is 5.92 Å². The Morgan fingerprint density at radius 2 is 2.29 bits per heavy atom. The lowest BCUT2D eigenvalue weighted by molar-refractivity contribution is 0.258. The van der Waals surface area contributed by atoms with Gasteiger partial charge in [0.05, 0.1) is 6.61 Å². The number of halogens is 1. The maximum absolute atomic E-state index is 5.59. The van der Waals surface area contributed by atoms with E-state index in [1.807, 2.05) is 6.07 Å². The van der Waals surface area contributed by atoms with Crippen molar-refractivity contribution < 1.29 is 4.74 Å². The molecule has 0 aromatic carbocycles. The van der Waals surface area contributed by atoms with Crippen molar-refractivity contribution in [1.29, 1.82) is 0 Å². The van der Waals surface area contributed by atoms with E-state index in [2.05, 4.69) is 34.8 Å². The van der Waals surface area contributed by atoms with E-state index < -0.39 is 0 Å². The minimum Gasteiger partial charge on any atom is -0.477 e. The molecule has 1 aromatic heterocycles. The van der Waals surface area contributed by atoms with Crippen molar-refractivity contribution in [2.75, 3.05) is 6.61 Å². The smallest absolute Gasteiger partial charge is 0.217 e. The molecule has 0 aliphatic rings. The largest absolute Gasteiger partial charge is 0.477 e. The lowest BCUT2D eigenvalue weighted by Gasteiger charge is -2.10. The highest BCUT2D eigenvalue weighted by molar-refractivity contribution is 9.10. The Labute approximate surface area is 92.8 Å². The van der Waals surface area contributed by atoms with Gasteiger partial charge in [0.1, 0.15) is 0 Å². The summed E-state index contributed by atoms with van der Waals surface area (Å²) in [6.45, 7) is 5.31. The standard InChI is InChI=1S/C10H15BrN2O/c1-7(2)6-14-10-8(4-12)3-9(11)5-13-10/h3,5,7H,4,6,12H2,1-2H3. The van der Waals surface area contributed by atoms with Crippen molar-refractivity contribution in [3.63, 3.8) is 0 Å². The maximum atomic E-state index is 5.59. The molecule has 0 radical (unpaired) electrons. The molecular weight excluding hydrogens is 244 g/mol. The fraction of sp³-hybridized carbons (Fsp3) is 0.500. The third kappa shape index (κ3) is 3.27. The molecule has 0 spiro atoms. The van der Waals surface area contributed by atoms with Crippen LogP contribution in [0.25, 0.3) is 0 Å². The summed E-state index contributed by atoms with van der Waals surface area (Å²) in [6.07, 6.45) is 1.72. The minimum atomic E-state index is 0.444. The normalized spacial score (nSPS) is 10.6. The number of aromatic nitrogens is 1. The van der Waals surface area contributed by atoms with Gasteiger partial charge < -0.3 is 10.5 Å². The molecule has 14 heavy (non-hydrogen) atoms. The molecule has 4 heteroatoms. The number of nitrogens with two attached hydrogens (primary N) is 1. The van der Waals surface area contributed by atoms with Gasteiger partial charge in [-0.05, 0) is 27.9 Å². The van der Waals surface area contributed by atoms with Crippen LogP contribution in [0.5, 0.6) is 5.88 Å². The summed E-state index contributed by atoms with van der Waals surface area (Å²) in [7, 11) is 0. The Bertz CT molecular complexity index is 302. The quantitative estimate of drug-likeness (QED) is 0.902. The summed E-state index contributed by atoms with van der Waals surface area (Å²) in [5.74, 6) is 1.13. The average molecular weight is 259 g/mol. The zero-order chi connectivity index (χ0) is 10.6. The highest BCUT2D eigenvalue weighted by Gasteiger charge is 2.05. The first-order valence-corrected chi connectivity index (χ1v) is 5.40. The molecule has 0 aliphatic carbocycles. The minimum absolute atomic E-state index is 0.444. The maximum Gasteiger partial charge on any atom is 0.217 e. The van der Waals surface area contributed by atoms with Gasteiger partial charge in [0.2, 0.25) is 5.88 Å². The third-order valence-electron chi connectivity index (χ3n) is 1.67. The lowest BCUT2D eigenvalue weighted by atomic mass is 10.2. The first-order chi connectivity index (χ1) is 6.63. The van der Waals surface area contributed by atoms with Crippen LogP contribution in [0.3, 0.4) is 0 Å². The molecule has 3 nitrogen and oxygen atoms in total. The summed E-state index contributed by atoms with van der Waals surface area (Å²) < 4.78 is 6.46. The van der Waals surface area contributed by atoms with Crippen molar-refractivity contribution >= 4 is 15.9 Å². The molecule has 78 valence electrons. The van der Waals surface area contributed by atoms with E-state index in [0.717, 1.165) is 10.0 Å². The number of hydrogen-bond donors (Lipinski definition) is 1. The van der Waals surface area contributed by atoms with E-state index in [9.17, 15) is 0 Å². The fourth-order valence-corrected chi connectivity index (χ4v) is 1.37. The van der Waals surface area contributed by atoms with Crippen LogP contribution < -0.4 is 10.5 Å². The van der Waals surface area contributed by atoms with E-state index in [1.54, 1.807) is 6.20 Å². The van der Waals surface area contributed by atoms with Crippen molar-refractivity contribution in [1.82, 2.24) is 4.98 Å². The molecule has 0 saturated carbocycles.